The number of nitrogens with one attached hydrogen (secondary N) is 2. The van der Waals surface area contributed by atoms with Gasteiger partial charge in [-0.05, 0) is 12.8 Å². The van der Waals surface area contributed by atoms with E-state index in [0.717, 1.165) is 51.4 Å². The van der Waals surface area contributed by atoms with Crippen LogP contribution in [0.2, 0.25) is 0 Å². The van der Waals surface area contributed by atoms with Gasteiger partial charge in [-0.1, -0.05) is 52.4 Å². The maximum atomic E-state index is 11.5. The molecule has 0 aromatic carbocycles. The fourth-order valence-electron chi connectivity index (χ4n) is 2.32. The van der Waals surface area contributed by atoms with Crippen molar-refractivity contribution in [3.8, 4) is 0 Å². The Hall–Kier alpha value is -1.67. The predicted octanol–water partition coefficient (Wildman–Crippen LogP) is 2.50. The van der Waals surface area contributed by atoms with Crippen LogP contribution in [0.3, 0.4) is 0 Å². The average Bonchev–Trinajstić information content (AvgIpc) is 2.69. The summed E-state index contributed by atoms with van der Waals surface area (Å²) in [6.07, 6.45) is 9.23. The molecule has 8 heteroatoms. The Morgan fingerprint density at radius 2 is 1.39 bits per heavy atom. The Kier molecular flexibility index (Phi) is 25.8. The number of carboxylic acids is 1. The van der Waals surface area contributed by atoms with Crippen LogP contribution in [0.4, 0.5) is 0 Å². The third-order valence-electron chi connectivity index (χ3n) is 3.72. The SMILES string of the molecule is CC.O=CNCCOCCOCC(=O)NCCCCCCCCCCC(=O)O. The first kappa shape index (κ1) is 28.5. The molecule has 0 aliphatic carbocycles. The second-order valence-corrected chi connectivity index (χ2v) is 6.06. The largest absolute Gasteiger partial charge is 0.481 e. The zero-order valence-electron chi connectivity index (χ0n) is 17.7. The summed E-state index contributed by atoms with van der Waals surface area (Å²) in [5.74, 6) is -0.833. The van der Waals surface area contributed by atoms with Crippen molar-refractivity contribution in [2.45, 2.75) is 71.6 Å². The summed E-state index contributed by atoms with van der Waals surface area (Å²) in [7, 11) is 0. The first-order valence-corrected chi connectivity index (χ1v) is 10.5. The summed E-state index contributed by atoms with van der Waals surface area (Å²) in [4.78, 5) is 31.9. The molecule has 0 spiro atoms. The first-order valence-electron chi connectivity index (χ1n) is 10.5. The van der Waals surface area contributed by atoms with Crippen LogP contribution in [0.25, 0.3) is 0 Å². The molecule has 0 aromatic rings. The van der Waals surface area contributed by atoms with Crippen molar-refractivity contribution in [1.29, 1.82) is 0 Å². The second kappa shape index (κ2) is 25.3. The number of carbonyl (C=O) groups excluding carboxylic acids is 2. The van der Waals surface area contributed by atoms with Gasteiger partial charge in [0.15, 0.2) is 0 Å². The van der Waals surface area contributed by atoms with E-state index in [1.165, 1.54) is 0 Å². The maximum absolute atomic E-state index is 11.5. The van der Waals surface area contributed by atoms with Gasteiger partial charge in [0.05, 0.1) is 19.8 Å². The van der Waals surface area contributed by atoms with Gasteiger partial charge in [-0.3, -0.25) is 14.4 Å². The summed E-state index contributed by atoms with van der Waals surface area (Å²) < 4.78 is 10.4. The Labute approximate surface area is 169 Å². The van der Waals surface area contributed by atoms with Gasteiger partial charge < -0.3 is 25.2 Å². The molecule has 0 heterocycles. The number of rotatable bonds is 20. The van der Waals surface area contributed by atoms with Crippen molar-refractivity contribution in [2.75, 3.05) is 39.5 Å². The Bertz CT molecular complexity index is 367. The summed E-state index contributed by atoms with van der Waals surface area (Å²) in [5, 5.41) is 13.8. The fraction of sp³-hybridized carbons (Fsp3) is 0.850. The predicted molar refractivity (Wildman–Crippen MR) is 109 cm³/mol. The second-order valence-electron chi connectivity index (χ2n) is 6.06. The van der Waals surface area contributed by atoms with Gasteiger partial charge in [0.2, 0.25) is 12.3 Å². The van der Waals surface area contributed by atoms with Crippen molar-refractivity contribution in [3.05, 3.63) is 0 Å². The van der Waals surface area contributed by atoms with Crippen LogP contribution in [-0.4, -0.2) is 62.9 Å². The van der Waals surface area contributed by atoms with E-state index in [1.807, 2.05) is 13.8 Å². The maximum Gasteiger partial charge on any atom is 0.303 e. The number of ether oxygens (including phenoxy) is 2. The lowest BCUT2D eigenvalue weighted by Crippen LogP contribution is -2.29. The van der Waals surface area contributed by atoms with Gasteiger partial charge in [-0.15, -0.1) is 0 Å². The van der Waals surface area contributed by atoms with Gasteiger partial charge in [0.25, 0.3) is 0 Å². The van der Waals surface area contributed by atoms with Crippen LogP contribution in [0, 0.1) is 0 Å². The van der Waals surface area contributed by atoms with Crippen LogP contribution < -0.4 is 10.6 Å². The number of carboxylic acid groups (broad SMARTS) is 1. The molecular formula is C20H40N2O6. The van der Waals surface area contributed by atoms with Crippen molar-refractivity contribution in [1.82, 2.24) is 10.6 Å². The van der Waals surface area contributed by atoms with E-state index < -0.39 is 5.97 Å². The Morgan fingerprint density at radius 3 is 2.00 bits per heavy atom. The molecule has 3 N–H and O–H groups in total. The highest BCUT2D eigenvalue weighted by Gasteiger charge is 2.01. The molecule has 0 atom stereocenters. The third-order valence-corrected chi connectivity index (χ3v) is 3.72. The summed E-state index contributed by atoms with van der Waals surface area (Å²) in [6, 6.07) is 0. The zero-order chi connectivity index (χ0) is 21.3. The van der Waals surface area contributed by atoms with Gasteiger partial charge in [-0.2, -0.15) is 0 Å². The van der Waals surface area contributed by atoms with E-state index in [0.29, 0.717) is 39.3 Å². The number of amides is 2. The van der Waals surface area contributed by atoms with E-state index in [9.17, 15) is 14.4 Å². The van der Waals surface area contributed by atoms with Crippen LogP contribution in [0.5, 0.6) is 0 Å². The lowest BCUT2D eigenvalue weighted by atomic mass is 10.1. The molecule has 0 unspecified atom stereocenters. The molecule has 0 bridgehead atoms. The molecule has 0 aromatic heterocycles. The van der Waals surface area contributed by atoms with Crippen molar-refractivity contribution in [2.24, 2.45) is 0 Å². The Morgan fingerprint density at radius 1 is 0.821 bits per heavy atom. The first-order chi connectivity index (χ1) is 13.7. The van der Waals surface area contributed by atoms with Crippen molar-refractivity contribution < 1.29 is 29.0 Å². The molecule has 28 heavy (non-hydrogen) atoms. The highest BCUT2D eigenvalue weighted by molar-refractivity contribution is 5.77. The minimum atomic E-state index is -0.714. The summed E-state index contributed by atoms with van der Waals surface area (Å²) in [5.41, 5.74) is 0. The highest BCUT2D eigenvalue weighted by atomic mass is 16.5. The standard InChI is InChI=1S/C18H34N2O6.C2H6/c21-16-19-11-12-25-13-14-26-15-17(22)20-10-8-6-4-2-1-3-5-7-9-18(23)24;1-2/h16H,1-15H2,(H,19,21)(H,20,22)(H,23,24);1-2H3. The van der Waals surface area contributed by atoms with Crippen molar-refractivity contribution >= 4 is 18.3 Å². The molecule has 0 saturated carbocycles. The minimum absolute atomic E-state index is 0.0340. The van der Waals surface area contributed by atoms with Gasteiger partial charge in [0.1, 0.15) is 6.61 Å². The molecule has 0 rings (SSSR count). The molecule has 0 fully saturated rings. The topological polar surface area (TPSA) is 114 Å². The van der Waals surface area contributed by atoms with E-state index in [1.54, 1.807) is 0 Å². The molecule has 166 valence electrons. The minimum Gasteiger partial charge on any atom is -0.481 e. The lowest BCUT2D eigenvalue weighted by molar-refractivity contribution is -0.137. The van der Waals surface area contributed by atoms with Crippen LogP contribution in [0.1, 0.15) is 71.6 Å². The van der Waals surface area contributed by atoms with E-state index in [4.69, 9.17) is 14.6 Å². The quantitative estimate of drug-likeness (QED) is 0.212. The Balaban J connectivity index is 0. The van der Waals surface area contributed by atoms with Crippen LogP contribution in [-0.2, 0) is 23.9 Å². The molecule has 0 aliphatic rings. The summed E-state index contributed by atoms with van der Waals surface area (Å²) >= 11 is 0. The highest BCUT2D eigenvalue weighted by Crippen LogP contribution is 2.09. The van der Waals surface area contributed by atoms with Crippen molar-refractivity contribution in [3.63, 3.8) is 0 Å². The van der Waals surface area contributed by atoms with Gasteiger partial charge >= 0.3 is 5.97 Å². The van der Waals surface area contributed by atoms with Crippen LogP contribution >= 0.6 is 0 Å². The van der Waals surface area contributed by atoms with E-state index >= 15 is 0 Å². The number of carbonyl (C=O) groups is 3. The molecular weight excluding hydrogens is 364 g/mol. The molecule has 2 amide bonds. The monoisotopic (exact) mass is 404 g/mol. The number of unbranched alkanes of at least 4 members (excludes halogenated alkanes) is 7. The molecule has 0 saturated heterocycles. The number of hydrogen-bond donors (Lipinski definition) is 3. The van der Waals surface area contributed by atoms with Gasteiger partial charge in [0, 0.05) is 19.5 Å². The smallest absolute Gasteiger partial charge is 0.303 e. The number of aliphatic carboxylic acids is 1. The lowest BCUT2D eigenvalue weighted by Gasteiger charge is -2.07. The molecule has 8 nitrogen and oxygen atoms in total. The van der Waals surface area contributed by atoms with E-state index in [-0.39, 0.29) is 18.9 Å². The summed E-state index contributed by atoms with van der Waals surface area (Å²) in [6.45, 7) is 6.33. The van der Waals surface area contributed by atoms with Gasteiger partial charge in [-0.25, -0.2) is 0 Å². The molecule has 0 radical (unpaired) electrons. The van der Waals surface area contributed by atoms with E-state index in [2.05, 4.69) is 10.6 Å². The number of hydrogen-bond acceptors (Lipinski definition) is 5. The third kappa shape index (κ3) is 26.6. The van der Waals surface area contributed by atoms with Crippen LogP contribution in [0.15, 0.2) is 0 Å². The molecule has 0 aliphatic heterocycles. The average molecular weight is 405 g/mol. The fourth-order valence-corrected chi connectivity index (χ4v) is 2.32. The normalized spacial score (nSPS) is 9.93. The zero-order valence-corrected chi connectivity index (χ0v) is 17.7.